The highest BCUT2D eigenvalue weighted by Crippen LogP contribution is 2.43. The van der Waals surface area contributed by atoms with Crippen molar-refractivity contribution in [3.05, 3.63) is 40.6 Å². The molecule has 0 saturated carbocycles. The number of phenolic OH excluding ortho intramolecular Hbond substituents is 4. The number of carboxylic acid groups (broad SMARTS) is 1. The van der Waals surface area contributed by atoms with Crippen LogP contribution in [-0.2, 0) is 9.53 Å². The summed E-state index contributed by atoms with van der Waals surface area (Å²) in [6.07, 6.45) is -9.81. The first-order valence-corrected chi connectivity index (χ1v) is 9.64. The van der Waals surface area contributed by atoms with Gasteiger partial charge in [0.1, 0.15) is 35.0 Å². The standard InChI is InChI=1S/C21H18O13/c22-7-2-1-6(3-8(7)23)10-4-9(24)13-11(32-10)5-12(14(25)15(13)26)33-21-18(29)16(27)17(28)19(34-21)20(30)31/h1-5,16-19,21-23,25-29H,(H,30,31)/t16-,17-,18+,19?,21+/m1/s1. The van der Waals surface area contributed by atoms with Gasteiger partial charge in [0.15, 0.2) is 34.5 Å². The van der Waals surface area contributed by atoms with Crippen LogP contribution in [0.5, 0.6) is 28.7 Å². The van der Waals surface area contributed by atoms with E-state index in [1.54, 1.807) is 0 Å². The molecule has 1 aliphatic heterocycles. The lowest BCUT2D eigenvalue weighted by Gasteiger charge is -2.38. The molecule has 1 aromatic heterocycles. The Morgan fingerprint density at radius 2 is 1.59 bits per heavy atom. The van der Waals surface area contributed by atoms with Crippen LogP contribution in [0.2, 0.25) is 0 Å². The third-order valence-corrected chi connectivity index (χ3v) is 5.25. The Morgan fingerprint density at radius 3 is 2.24 bits per heavy atom. The number of aliphatic hydroxyl groups excluding tert-OH is 3. The number of fused-ring (bicyclic) bond motifs is 1. The molecule has 13 heteroatoms. The molecule has 0 spiro atoms. The van der Waals surface area contributed by atoms with Gasteiger partial charge in [0, 0.05) is 17.7 Å². The molecule has 4 rings (SSSR count). The molecule has 1 unspecified atom stereocenters. The molecule has 5 atom stereocenters. The Kier molecular flexibility index (Phi) is 5.70. The molecule has 1 fully saturated rings. The van der Waals surface area contributed by atoms with Crippen molar-refractivity contribution in [1.82, 2.24) is 0 Å². The van der Waals surface area contributed by atoms with Crippen LogP contribution in [-0.4, -0.2) is 77.5 Å². The number of phenols is 4. The van der Waals surface area contributed by atoms with Gasteiger partial charge < -0.3 is 54.7 Å². The van der Waals surface area contributed by atoms with Crippen LogP contribution in [0, 0.1) is 0 Å². The van der Waals surface area contributed by atoms with Crippen molar-refractivity contribution in [1.29, 1.82) is 0 Å². The summed E-state index contributed by atoms with van der Waals surface area (Å²) in [4.78, 5) is 23.8. The van der Waals surface area contributed by atoms with Crippen LogP contribution in [0.3, 0.4) is 0 Å². The van der Waals surface area contributed by atoms with Gasteiger partial charge in [-0.2, -0.15) is 0 Å². The maximum Gasteiger partial charge on any atom is 0.335 e. The number of carboxylic acids is 1. The molecule has 2 heterocycles. The molecule has 180 valence electrons. The van der Waals surface area contributed by atoms with E-state index in [2.05, 4.69) is 0 Å². The minimum absolute atomic E-state index is 0.0951. The average molecular weight is 478 g/mol. The second-order valence-corrected chi connectivity index (χ2v) is 7.48. The average Bonchev–Trinajstić information content (AvgIpc) is 2.78. The molecule has 8 N–H and O–H groups in total. The summed E-state index contributed by atoms with van der Waals surface area (Å²) >= 11 is 0. The molecule has 1 aliphatic rings. The van der Waals surface area contributed by atoms with Crippen LogP contribution >= 0.6 is 0 Å². The van der Waals surface area contributed by atoms with Crippen molar-refractivity contribution in [2.24, 2.45) is 0 Å². The first-order chi connectivity index (χ1) is 16.0. The highest BCUT2D eigenvalue weighted by molar-refractivity contribution is 5.89. The molecule has 0 aliphatic carbocycles. The van der Waals surface area contributed by atoms with Crippen molar-refractivity contribution >= 4 is 16.9 Å². The van der Waals surface area contributed by atoms with Gasteiger partial charge in [0.2, 0.25) is 12.0 Å². The van der Waals surface area contributed by atoms with E-state index in [1.165, 1.54) is 6.07 Å². The fourth-order valence-corrected chi connectivity index (χ4v) is 3.45. The van der Waals surface area contributed by atoms with Crippen LogP contribution in [0.15, 0.2) is 39.5 Å². The lowest BCUT2D eigenvalue weighted by atomic mass is 9.99. The first kappa shape index (κ1) is 23.1. The van der Waals surface area contributed by atoms with Gasteiger partial charge in [-0.15, -0.1) is 0 Å². The maximum atomic E-state index is 12.6. The Balaban J connectivity index is 1.78. The van der Waals surface area contributed by atoms with Crippen molar-refractivity contribution < 1.29 is 59.5 Å². The summed E-state index contributed by atoms with van der Waals surface area (Å²) in [5, 5.41) is 78.3. The first-order valence-electron chi connectivity index (χ1n) is 9.64. The lowest BCUT2D eigenvalue weighted by Crippen LogP contribution is -2.61. The van der Waals surface area contributed by atoms with Crippen molar-refractivity contribution in [2.75, 3.05) is 0 Å². The minimum Gasteiger partial charge on any atom is -0.504 e. The van der Waals surface area contributed by atoms with Crippen molar-refractivity contribution in [2.45, 2.75) is 30.7 Å². The summed E-state index contributed by atoms with van der Waals surface area (Å²) in [6.45, 7) is 0. The third kappa shape index (κ3) is 3.82. The topological polar surface area (TPSA) is 228 Å². The van der Waals surface area contributed by atoms with Crippen LogP contribution < -0.4 is 10.2 Å². The number of ether oxygens (including phenoxy) is 2. The predicted octanol–water partition coefficient (Wildman–Crippen LogP) is -0.447. The maximum absolute atomic E-state index is 12.6. The molecule has 0 radical (unpaired) electrons. The van der Waals surface area contributed by atoms with Gasteiger partial charge >= 0.3 is 5.97 Å². The van der Waals surface area contributed by atoms with Gasteiger partial charge in [0.05, 0.1) is 0 Å². The summed E-state index contributed by atoms with van der Waals surface area (Å²) in [7, 11) is 0. The number of aliphatic carboxylic acids is 1. The number of aliphatic hydroxyl groups is 3. The van der Waals surface area contributed by atoms with Gasteiger partial charge in [-0.05, 0) is 18.2 Å². The third-order valence-electron chi connectivity index (χ3n) is 5.25. The van der Waals surface area contributed by atoms with Gasteiger partial charge in [-0.1, -0.05) is 0 Å². The highest BCUT2D eigenvalue weighted by Gasteiger charge is 2.48. The largest absolute Gasteiger partial charge is 0.504 e. The normalized spacial score (nSPS) is 24.7. The number of benzene rings is 2. The number of hydrogen-bond acceptors (Lipinski definition) is 12. The molecule has 34 heavy (non-hydrogen) atoms. The van der Waals surface area contributed by atoms with Crippen LogP contribution in [0.4, 0.5) is 0 Å². The second-order valence-electron chi connectivity index (χ2n) is 7.48. The fourth-order valence-electron chi connectivity index (χ4n) is 3.45. The van der Waals surface area contributed by atoms with E-state index in [4.69, 9.17) is 19.0 Å². The van der Waals surface area contributed by atoms with Crippen LogP contribution in [0.25, 0.3) is 22.3 Å². The van der Waals surface area contributed by atoms with E-state index < -0.39 is 76.2 Å². The molecule has 2 aromatic carbocycles. The van der Waals surface area contributed by atoms with E-state index >= 15 is 0 Å². The van der Waals surface area contributed by atoms with E-state index in [-0.39, 0.29) is 16.9 Å². The Bertz CT molecular complexity index is 1330. The van der Waals surface area contributed by atoms with Gasteiger partial charge in [0.25, 0.3) is 0 Å². The van der Waals surface area contributed by atoms with Crippen molar-refractivity contribution in [3.8, 4) is 40.1 Å². The highest BCUT2D eigenvalue weighted by atomic mass is 16.7. The van der Waals surface area contributed by atoms with Gasteiger partial charge in [-0.25, -0.2) is 4.79 Å². The molecule has 3 aromatic rings. The summed E-state index contributed by atoms with van der Waals surface area (Å²) in [5.41, 5.74) is -0.931. The zero-order valence-electron chi connectivity index (χ0n) is 16.9. The van der Waals surface area contributed by atoms with Gasteiger partial charge in [-0.3, -0.25) is 4.79 Å². The molecule has 1 saturated heterocycles. The lowest BCUT2D eigenvalue weighted by molar-refractivity contribution is -0.271. The van der Waals surface area contributed by atoms with E-state index in [0.29, 0.717) is 0 Å². The zero-order chi connectivity index (χ0) is 24.9. The van der Waals surface area contributed by atoms with E-state index in [0.717, 1.165) is 24.3 Å². The number of hydrogen-bond donors (Lipinski definition) is 8. The smallest absolute Gasteiger partial charge is 0.335 e. The Hall–Kier alpha value is -4.04. The monoisotopic (exact) mass is 478 g/mol. The minimum atomic E-state index is -1.98. The van der Waals surface area contributed by atoms with Crippen LogP contribution in [0.1, 0.15) is 0 Å². The molecule has 13 nitrogen and oxygen atoms in total. The quantitative estimate of drug-likeness (QED) is 0.223. The van der Waals surface area contributed by atoms with Crippen molar-refractivity contribution in [3.63, 3.8) is 0 Å². The fraction of sp³-hybridized carbons (Fsp3) is 0.238. The number of carbonyl (C=O) groups is 1. The number of rotatable bonds is 4. The molecule has 0 bridgehead atoms. The summed E-state index contributed by atoms with van der Waals surface area (Å²) in [6, 6.07) is 5.51. The SMILES string of the molecule is O=C(O)C1O[C@H](Oc2cc3oc(-c4ccc(O)c(O)c4)cc(=O)c3c(O)c2O)[C@@H](O)[C@H](O)[C@H]1O. The Morgan fingerprint density at radius 1 is 0.882 bits per heavy atom. The van der Waals surface area contributed by atoms with E-state index in [9.17, 15) is 45.3 Å². The number of aromatic hydroxyl groups is 4. The molecular weight excluding hydrogens is 460 g/mol. The summed E-state index contributed by atoms with van der Waals surface area (Å²) in [5.74, 6) is -5.21. The molecule has 0 amide bonds. The predicted molar refractivity (Wildman–Crippen MR) is 110 cm³/mol. The second kappa shape index (κ2) is 8.39. The summed E-state index contributed by atoms with van der Waals surface area (Å²) < 4.78 is 15.8. The van der Waals surface area contributed by atoms with E-state index in [1.807, 2.05) is 0 Å². The zero-order valence-corrected chi connectivity index (χ0v) is 16.9. The Labute approximate surface area is 188 Å². The molecular formula is C21H18O13.